The summed E-state index contributed by atoms with van der Waals surface area (Å²) >= 11 is 0. The molecule has 2 N–H and O–H groups in total. The number of benzene rings is 1. The summed E-state index contributed by atoms with van der Waals surface area (Å²) in [4.78, 5) is 71.6. The van der Waals surface area contributed by atoms with Crippen molar-refractivity contribution in [2.45, 2.75) is 92.3 Å². The first-order valence-electron chi connectivity index (χ1n) is 15.2. The number of pyridine rings is 1. The van der Waals surface area contributed by atoms with E-state index in [-0.39, 0.29) is 35.8 Å². The molecule has 1 aliphatic heterocycles. The highest BCUT2D eigenvalue weighted by Gasteiger charge is 2.42. The van der Waals surface area contributed by atoms with Gasteiger partial charge in [0.15, 0.2) is 0 Å². The van der Waals surface area contributed by atoms with Crippen LogP contribution in [-0.4, -0.2) is 70.6 Å². The Bertz CT molecular complexity index is 1400. The Balaban J connectivity index is 1.78. The molecule has 1 aromatic carbocycles. The number of esters is 1. The van der Waals surface area contributed by atoms with Crippen molar-refractivity contribution in [2.24, 2.45) is 10.8 Å². The summed E-state index contributed by atoms with van der Waals surface area (Å²) in [5, 5.41) is 6.65. The lowest BCUT2D eigenvalue weighted by Crippen LogP contribution is -2.58. The number of aromatic nitrogens is 1. The third-order valence-electron chi connectivity index (χ3n) is 7.31. The normalized spacial score (nSPS) is 16.9. The van der Waals surface area contributed by atoms with Crippen LogP contribution in [0.25, 0.3) is 10.9 Å². The first kappa shape index (κ1) is 34.4. The van der Waals surface area contributed by atoms with Gasteiger partial charge in [-0.05, 0) is 42.7 Å². The van der Waals surface area contributed by atoms with Gasteiger partial charge in [0.25, 0.3) is 5.91 Å². The number of nitrogens with zero attached hydrogens (tertiary/aromatic N) is 2. The number of fused-ring (bicyclic) bond motifs is 1. The van der Waals surface area contributed by atoms with Crippen molar-refractivity contribution in [1.29, 1.82) is 0 Å². The Morgan fingerprint density at radius 2 is 1.73 bits per heavy atom. The fourth-order valence-electron chi connectivity index (χ4n) is 5.26. The highest BCUT2D eigenvalue weighted by Crippen LogP contribution is 2.27. The molecular formula is C34H46N4O6. The number of ketones is 1. The first-order chi connectivity index (χ1) is 20.6. The van der Waals surface area contributed by atoms with Crippen LogP contribution in [0.5, 0.6) is 0 Å². The summed E-state index contributed by atoms with van der Waals surface area (Å²) in [6, 6.07) is 8.42. The SMILES string of the molecule is CCOC(=O)C=C[C@H](CC(=O)CC(C)(C)C)NC(=O)[C@H]1CCCN1C(=O)[C@H](NC(=O)c1ccc2ccccc2n1)C(C)(C)C. The third-order valence-corrected chi connectivity index (χ3v) is 7.31. The van der Waals surface area contributed by atoms with Crippen LogP contribution in [0.15, 0.2) is 48.6 Å². The fraction of sp³-hybridized carbons (Fsp3) is 0.529. The number of nitrogens with one attached hydrogen (secondary N) is 2. The summed E-state index contributed by atoms with van der Waals surface area (Å²) in [5.41, 5.74) is -0.0440. The largest absolute Gasteiger partial charge is 0.463 e. The lowest BCUT2D eigenvalue weighted by molar-refractivity contribution is -0.142. The Hall–Kier alpha value is -4.08. The number of Topliss-reactive ketones (excluding diaryl/α,β-unsaturated/α-hetero) is 1. The number of hydrogen-bond donors (Lipinski definition) is 2. The molecule has 1 aliphatic rings. The van der Waals surface area contributed by atoms with Gasteiger partial charge in [0.1, 0.15) is 23.6 Å². The van der Waals surface area contributed by atoms with Crippen molar-refractivity contribution in [1.82, 2.24) is 20.5 Å². The molecule has 44 heavy (non-hydrogen) atoms. The maximum atomic E-state index is 14.0. The van der Waals surface area contributed by atoms with Crippen molar-refractivity contribution in [3.8, 4) is 0 Å². The summed E-state index contributed by atoms with van der Waals surface area (Å²) in [7, 11) is 0. The van der Waals surface area contributed by atoms with E-state index in [1.807, 2.05) is 71.9 Å². The zero-order valence-corrected chi connectivity index (χ0v) is 26.9. The molecule has 2 heterocycles. The van der Waals surface area contributed by atoms with Crippen molar-refractivity contribution < 1.29 is 28.7 Å². The topological polar surface area (TPSA) is 135 Å². The van der Waals surface area contributed by atoms with Crippen molar-refractivity contribution in [2.75, 3.05) is 13.2 Å². The van der Waals surface area contributed by atoms with Gasteiger partial charge in [0.05, 0.1) is 18.2 Å². The molecule has 0 spiro atoms. The standard InChI is InChI=1S/C34H46N4O6/c1-8-44-28(40)18-16-23(20-24(39)21-33(2,3)4)35-31(42)27-14-11-19-38(27)32(43)29(34(5,6)7)37-30(41)26-17-15-22-12-9-10-13-25(22)36-26/h9-10,12-13,15-18,23,27,29H,8,11,14,19-21H2,1-7H3,(H,35,42)(H,37,41)/t23-,27-,29+/m1/s1. The minimum absolute atomic E-state index is 0.000979. The minimum Gasteiger partial charge on any atom is -0.463 e. The van der Waals surface area contributed by atoms with Crippen molar-refractivity contribution in [3.05, 3.63) is 54.2 Å². The van der Waals surface area contributed by atoms with Gasteiger partial charge in [0.2, 0.25) is 11.8 Å². The van der Waals surface area contributed by atoms with Crippen LogP contribution in [0.3, 0.4) is 0 Å². The van der Waals surface area contributed by atoms with E-state index >= 15 is 0 Å². The third kappa shape index (κ3) is 9.72. The predicted octanol–water partition coefficient (Wildman–Crippen LogP) is 4.37. The molecule has 2 aromatic rings. The summed E-state index contributed by atoms with van der Waals surface area (Å²) in [5.74, 6) is -1.91. The van der Waals surface area contributed by atoms with Crippen molar-refractivity contribution in [3.63, 3.8) is 0 Å². The number of para-hydroxylation sites is 1. The Labute approximate surface area is 260 Å². The number of rotatable bonds is 11. The molecule has 0 aliphatic carbocycles. The van der Waals surface area contributed by atoms with Gasteiger partial charge in [-0.3, -0.25) is 19.2 Å². The summed E-state index contributed by atoms with van der Waals surface area (Å²) in [6.45, 7) is 13.7. The van der Waals surface area contributed by atoms with Gasteiger partial charge in [-0.2, -0.15) is 0 Å². The van der Waals surface area contributed by atoms with Crippen molar-refractivity contribution >= 4 is 40.4 Å². The van der Waals surface area contributed by atoms with E-state index in [2.05, 4.69) is 15.6 Å². The van der Waals surface area contributed by atoms with Crippen LogP contribution in [0.1, 0.15) is 84.6 Å². The molecular weight excluding hydrogens is 560 g/mol. The number of hydrogen-bond acceptors (Lipinski definition) is 7. The smallest absolute Gasteiger partial charge is 0.330 e. The Morgan fingerprint density at radius 3 is 2.39 bits per heavy atom. The number of carbonyl (C=O) groups excluding carboxylic acids is 5. The number of carbonyl (C=O) groups is 5. The predicted molar refractivity (Wildman–Crippen MR) is 169 cm³/mol. The zero-order chi connectivity index (χ0) is 32.7. The Morgan fingerprint density at radius 1 is 1.02 bits per heavy atom. The molecule has 0 radical (unpaired) electrons. The van der Waals surface area contributed by atoms with Gasteiger partial charge < -0.3 is 20.3 Å². The number of likely N-dealkylation sites (tertiary alicyclic amines) is 1. The molecule has 10 nitrogen and oxygen atoms in total. The summed E-state index contributed by atoms with van der Waals surface area (Å²) in [6.07, 6.45) is 4.01. The van der Waals surface area contributed by atoms with E-state index in [0.29, 0.717) is 31.3 Å². The lowest BCUT2D eigenvalue weighted by Gasteiger charge is -2.35. The van der Waals surface area contributed by atoms with Crippen LogP contribution < -0.4 is 10.6 Å². The first-order valence-corrected chi connectivity index (χ1v) is 15.2. The van der Waals surface area contributed by atoms with Gasteiger partial charge in [-0.25, -0.2) is 9.78 Å². The second kappa shape index (κ2) is 14.6. The van der Waals surface area contributed by atoms with Crippen LogP contribution in [-0.2, 0) is 23.9 Å². The monoisotopic (exact) mass is 606 g/mol. The molecule has 0 bridgehead atoms. The molecule has 3 rings (SSSR count). The molecule has 0 unspecified atom stereocenters. The van der Waals surface area contributed by atoms with Gasteiger partial charge in [-0.1, -0.05) is 71.9 Å². The van der Waals surface area contributed by atoms with E-state index in [1.165, 1.54) is 17.1 Å². The second-order valence-corrected chi connectivity index (χ2v) is 13.6. The molecule has 3 atom stereocenters. The van der Waals surface area contributed by atoms with Gasteiger partial charge in [0, 0.05) is 30.8 Å². The second-order valence-electron chi connectivity index (χ2n) is 13.6. The summed E-state index contributed by atoms with van der Waals surface area (Å²) < 4.78 is 4.96. The fourth-order valence-corrected chi connectivity index (χ4v) is 5.26. The quantitative estimate of drug-likeness (QED) is 0.287. The molecule has 1 aromatic heterocycles. The van der Waals surface area contributed by atoms with Crippen LogP contribution in [0.2, 0.25) is 0 Å². The molecule has 3 amide bonds. The van der Waals surface area contributed by atoms with E-state index < -0.39 is 41.3 Å². The van der Waals surface area contributed by atoms with E-state index in [0.717, 1.165) is 5.39 Å². The number of ether oxygens (including phenoxy) is 1. The maximum Gasteiger partial charge on any atom is 0.330 e. The van der Waals surface area contributed by atoms with E-state index in [1.54, 1.807) is 13.0 Å². The molecule has 10 heteroatoms. The maximum absolute atomic E-state index is 14.0. The zero-order valence-electron chi connectivity index (χ0n) is 26.9. The van der Waals surface area contributed by atoms with Crippen LogP contribution in [0, 0.1) is 10.8 Å². The van der Waals surface area contributed by atoms with Gasteiger partial charge >= 0.3 is 5.97 Å². The highest BCUT2D eigenvalue weighted by molar-refractivity contribution is 5.99. The molecule has 1 fully saturated rings. The average Bonchev–Trinajstić information content (AvgIpc) is 3.43. The van der Waals surface area contributed by atoms with E-state index in [9.17, 15) is 24.0 Å². The van der Waals surface area contributed by atoms with E-state index in [4.69, 9.17) is 4.74 Å². The van der Waals surface area contributed by atoms with Gasteiger partial charge in [-0.15, -0.1) is 0 Å². The lowest BCUT2D eigenvalue weighted by atomic mass is 9.85. The molecule has 238 valence electrons. The molecule has 1 saturated heterocycles. The van der Waals surface area contributed by atoms with Crippen LogP contribution >= 0.6 is 0 Å². The average molecular weight is 607 g/mol. The van der Waals surface area contributed by atoms with Crippen LogP contribution in [0.4, 0.5) is 0 Å². The highest BCUT2D eigenvalue weighted by atomic mass is 16.5. The number of amides is 3. The Kier molecular flexibility index (Phi) is 11.4. The minimum atomic E-state index is -0.926. The molecule has 0 saturated carbocycles.